The van der Waals surface area contributed by atoms with E-state index in [0.29, 0.717) is 11.3 Å². The molecule has 0 unspecified atom stereocenters. The molecule has 0 aliphatic heterocycles. The van der Waals surface area contributed by atoms with E-state index in [9.17, 15) is 19.3 Å². The Kier molecular flexibility index (Phi) is 3.71. The number of fused-ring (bicyclic) bond motifs is 1. The maximum atomic E-state index is 13.1. The van der Waals surface area contributed by atoms with Gasteiger partial charge in [0, 0.05) is 30.1 Å². The number of hydrogen-bond acceptors (Lipinski definition) is 4. The lowest BCUT2D eigenvalue weighted by Crippen LogP contribution is -2.23. The molecule has 1 amide bonds. The second-order valence-electron chi connectivity index (χ2n) is 4.84. The molecule has 0 fully saturated rings. The Bertz CT molecular complexity index is 907. The Morgan fingerprint density at radius 2 is 2.13 bits per heavy atom. The zero-order chi connectivity index (χ0) is 16.4. The van der Waals surface area contributed by atoms with Crippen LogP contribution < -0.4 is 5.32 Å². The molecule has 0 spiro atoms. The molecule has 7 nitrogen and oxygen atoms in total. The van der Waals surface area contributed by atoms with Gasteiger partial charge in [0.1, 0.15) is 11.5 Å². The summed E-state index contributed by atoms with van der Waals surface area (Å²) in [5.74, 6) is -0.834. The van der Waals surface area contributed by atoms with Gasteiger partial charge in [-0.15, -0.1) is 0 Å². The number of nitro benzene ring substituents is 1. The van der Waals surface area contributed by atoms with E-state index in [0.717, 1.165) is 0 Å². The molecular weight excluding hydrogens is 303 g/mol. The van der Waals surface area contributed by atoms with Crippen LogP contribution in [0.5, 0.6) is 0 Å². The summed E-state index contributed by atoms with van der Waals surface area (Å²) in [4.78, 5) is 26.4. The van der Waals surface area contributed by atoms with Gasteiger partial charge in [0.25, 0.3) is 11.6 Å². The zero-order valence-corrected chi connectivity index (χ0v) is 11.8. The highest BCUT2D eigenvalue weighted by molar-refractivity contribution is 5.94. The first-order valence-electron chi connectivity index (χ1n) is 6.69. The van der Waals surface area contributed by atoms with Crippen LogP contribution in [-0.4, -0.2) is 20.2 Å². The fourth-order valence-corrected chi connectivity index (χ4v) is 2.14. The third kappa shape index (κ3) is 3.15. The van der Waals surface area contributed by atoms with Gasteiger partial charge in [0.2, 0.25) is 0 Å². The van der Waals surface area contributed by atoms with Crippen LogP contribution in [0.15, 0.2) is 48.8 Å². The third-order valence-electron chi connectivity index (χ3n) is 3.21. The molecule has 3 aromatic rings. The van der Waals surface area contributed by atoms with Gasteiger partial charge in [-0.05, 0) is 18.2 Å². The van der Waals surface area contributed by atoms with Crippen LogP contribution in [0.25, 0.3) is 5.65 Å². The maximum Gasteiger partial charge on any atom is 0.270 e. The Hall–Kier alpha value is -3.29. The molecule has 0 aliphatic carbocycles. The molecule has 0 radical (unpaired) electrons. The predicted octanol–water partition coefficient (Wildman–Crippen LogP) is 2.31. The topological polar surface area (TPSA) is 89.5 Å². The van der Waals surface area contributed by atoms with Crippen molar-refractivity contribution in [3.8, 4) is 0 Å². The minimum atomic E-state index is -0.562. The summed E-state index contributed by atoms with van der Waals surface area (Å²) in [6.45, 7) is 0.130. The highest BCUT2D eigenvalue weighted by Crippen LogP contribution is 2.13. The van der Waals surface area contributed by atoms with Crippen molar-refractivity contribution in [1.82, 2.24) is 14.7 Å². The van der Waals surface area contributed by atoms with E-state index < -0.39 is 10.8 Å². The number of rotatable bonds is 4. The van der Waals surface area contributed by atoms with Gasteiger partial charge in [0.05, 0.1) is 17.2 Å². The second kappa shape index (κ2) is 5.84. The third-order valence-corrected chi connectivity index (χ3v) is 3.21. The molecule has 8 heteroatoms. The molecule has 2 aromatic heterocycles. The summed E-state index contributed by atoms with van der Waals surface area (Å²) < 4.78 is 14.6. The molecule has 2 heterocycles. The number of halogens is 1. The molecular formula is C15H11FN4O3. The van der Waals surface area contributed by atoms with Crippen molar-refractivity contribution in [3.63, 3.8) is 0 Å². The van der Waals surface area contributed by atoms with Crippen molar-refractivity contribution in [3.05, 3.63) is 76.0 Å². The Morgan fingerprint density at radius 1 is 1.30 bits per heavy atom. The Morgan fingerprint density at radius 3 is 2.91 bits per heavy atom. The van der Waals surface area contributed by atoms with Crippen LogP contribution in [0.3, 0.4) is 0 Å². The molecule has 3 rings (SSSR count). The molecule has 1 aromatic carbocycles. The highest BCUT2D eigenvalue weighted by Gasteiger charge is 2.12. The second-order valence-corrected chi connectivity index (χ2v) is 4.84. The highest BCUT2D eigenvalue weighted by atomic mass is 19.1. The van der Waals surface area contributed by atoms with Crippen molar-refractivity contribution >= 4 is 17.2 Å². The fourth-order valence-electron chi connectivity index (χ4n) is 2.14. The number of imidazole rings is 1. The Balaban J connectivity index is 1.72. The van der Waals surface area contributed by atoms with Crippen LogP contribution in [0.2, 0.25) is 0 Å². The average Bonchev–Trinajstić information content (AvgIpc) is 2.94. The number of nitrogens with one attached hydrogen (secondary N) is 1. The van der Waals surface area contributed by atoms with Crippen LogP contribution in [0, 0.1) is 15.9 Å². The number of hydrogen-bond donors (Lipinski definition) is 1. The standard InChI is InChI=1S/C15H11FN4O3/c16-11-4-5-14-18-12(9-19(14)8-11)7-17-15(21)10-2-1-3-13(6-10)20(22)23/h1-6,8-9H,7H2,(H,17,21). The number of non-ortho nitro benzene ring substituents is 1. The minimum Gasteiger partial charge on any atom is -0.346 e. The number of nitro groups is 1. The van der Waals surface area contributed by atoms with Crippen molar-refractivity contribution < 1.29 is 14.1 Å². The largest absolute Gasteiger partial charge is 0.346 e. The number of carbonyl (C=O) groups is 1. The van der Waals surface area contributed by atoms with Crippen LogP contribution in [0.4, 0.5) is 10.1 Å². The predicted molar refractivity (Wildman–Crippen MR) is 79.4 cm³/mol. The molecule has 1 N–H and O–H groups in total. The van der Waals surface area contributed by atoms with E-state index in [1.165, 1.54) is 47.0 Å². The smallest absolute Gasteiger partial charge is 0.270 e. The Labute approximate surface area is 129 Å². The fraction of sp³-hybridized carbons (Fsp3) is 0.0667. The van der Waals surface area contributed by atoms with E-state index in [1.807, 2.05) is 0 Å². The SMILES string of the molecule is O=C(NCc1cn2cc(F)ccc2n1)c1cccc([N+](=O)[O-])c1. The van der Waals surface area contributed by atoms with E-state index in [-0.39, 0.29) is 23.6 Å². The lowest BCUT2D eigenvalue weighted by Gasteiger charge is -2.03. The summed E-state index contributed by atoms with van der Waals surface area (Å²) in [7, 11) is 0. The minimum absolute atomic E-state index is 0.130. The van der Waals surface area contributed by atoms with E-state index >= 15 is 0 Å². The molecule has 0 aliphatic rings. The first-order valence-corrected chi connectivity index (χ1v) is 6.69. The van der Waals surface area contributed by atoms with Gasteiger partial charge in [-0.2, -0.15) is 0 Å². The van der Waals surface area contributed by atoms with Gasteiger partial charge < -0.3 is 9.72 Å². The maximum absolute atomic E-state index is 13.1. The first-order chi connectivity index (χ1) is 11.0. The van der Waals surface area contributed by atoms with Crippen molar-refractivity contribution in [2.24, 2.45) is 0 Å². The lowest BCUT2D eigenvalue weighted by atomic mass is 10.2. The number of amides is 1. The average molecular weight is 314 g/mol. The quantitative estimate of drug-likeness (QED) is 0.591. The normalized spacial score (nSPS) is 10.7. The van der Waals surface area contributed by atoms with E-state index in [1.54, 1.807) is 6.20 Å². The summed E-state index contributed by atoms with van der Waals surface area (Å²) >= 11 is 0. The molecule has 0 bridgehead atoms. The molecule has 0 saturated heterocycles. The molecule has 23 heavy (non-hydrogen) atoms. The first kappa shape index (κ1) is 14.6. The van der Waals surface area contributed by atoms with Gasteiger partial charge in [-0.1, -0.05) is 6.07 Å². The molecule has 0 saturated carbocycles. The van der Waals surface area contributed by atoms with E-state index in [4.69, 9.17) is 0 Å². The molecule has 116 valence electrons. The zero-order valence-electron chi connectivity index (χ0n) is 11.8. The van der Waals surface area contributed by atoms with Crippen molar-refractivity contribution in [2.45, 2.75) is 6.54 Å². The van der Waals surface area contributed by atoms with Crippen molar-refractivity contribution in [1.29, 1.82) is 0 Å². The number of pyridine rings is 1. The van der Waals surface area contributed by atoms with Crippen LogP contribution in [0.1, 0.15) is 16.1 Å². The number of nitrogens with zero attached hydrogens (tertiary/aromatic N) is 3. The van der Waals surface area contributed by atoms with Crippen LogP contribution >= 0.6 is 0 Å². The number of aromatic nitrogens is 2. The summed E-state index contributed by atoms with van der Waals surface area (Å²) in [6, 6.07) is 8.28. The van der Waals surface area contributed by atoms with Crippen LogP contribution in [-0.2, 0) is 6.54 Å². The van der Waals surface area contributed by atoms with Gasteiger partial charge in [-0.3, -0.25) is 14.9 Å². The van der Waals surface area contributed by atoms with Gasteiger partial charge in [-0.25, -0.2) is 9.37 Å². The molecule has 0 atom stereocenters. The lowest BCUT2D eigenvalue weighted by molar-refractivity contribution is -0.384. The van der Waals surface area contributed by atoms with Crippen molar-refractivity contribution in [2.75, 3.05) is 0 Å². The van der Waals surface area contributed by atoms with Gasteiger partial charge in [0.15, 0.2) is 0 Å². The number of carbonyl (C=O) groups excluding carboxylic acids is 1. The summed E-state index contributed by atoms with van der Waals surface area (Å²) in [5.41, 5.74) is 1.15. The number of benzene rings is 1. The van der Waals surface area contributed by atoms with E-state index in [2.05, 4.69) is 10.3 Å². The summed E-state index contributed by atoms with van der Waals surface area (Å²) in [5, 5.41) is 13.3. The summed E-state index contributed by atoms with van der Waals surface area (Å²) in [6.07, 6.45) is 2.89. The monoisotopic (exact) mass is 314 g/mol. The van der Waals surface area contributed by atoms with Gasteiger partial charge >= 0.3 is 0 Å².